The summed E-state index contributed by atoms with van der Waals surface area (Å²) < 4.78 is 5.96. The molecule has 4 bridgehead atoms. The zero-order valence-electron chi connectivity index (χ0n) is 9.60. The molecule has 0 aromatic rings. The van der Waals surface area contributed by atoms with E-state index in [1.807, 2.05) is 0 Å². The molecule has 3 heteroatoms. The zero-order valence-corrected chi connectivity index (χ0v) is 9.60. The van der Waals surface area contributed by atoms with Crippen LogP contribution in [-0.4, -0.2) is 41.0 Å². The lowest BCUT2D eigenvalue weighted by Gasteiger charge is -2.40. The summed E-state index contributed by atoms with van der Waals surface area (Å²) >= 11 is 0. The van der Waals surface area contributed by atoms with Crippen molar-refractivity contribution >= 4 is 5.78 Å². The van der Waals surface area contributed by atoms with Gasteiger partial charge in [0, 0.05) is 31.0 Å². The predicted molar refractivity (Wildman–Crippen MR) is 59.2 cm³/mol. The first kappa shape index (κ1) is 9.60. The fraction of sp³-hybridized carbons (Fsp3) is 0.923. The molecule has 0 spiro atoms. The van der Waals surface area contributed by atoms with Crippen LogP contribution in [0.25, 0.3) is 0 Å². The Bertz CT molecular complexity index is 314. The SMILES string of the molecule is O=C1CC2CCC(C1)N2C1CC2CCC1O2. The monoisotopic (exact) mass is 221 g/mol. The average molecular weight is 221 g/mol. The molecule has 5 unspecified atom stereocenters. The van der Waals surface area contributed by atoms with E-state index in [1.165, 1.54) is 32.1 Å². The van der Waals surface area contributed by atoms with Crippen LogP contribution < -0.4 is 0 Å². The Kier molecular flexibility index (Phi) is 1.98. The summed E-state index contributed by atoms with van der Waals surface area (Å²) in [5, 5.41) is 0. The second-order valence-corrected chi connectivity index (χ2v) is 5.96. The van der Waals surface area contributed by atoms with Crippen molar-refractivity contribution in [2.24, 2.45) is 0 Å². The second kappa shape index (κ2) is 3.30. The van der Waals surface area contributed by atoms with E-state index >= 15 is 0 Å². The molecular weight excluding hydrogens is 202 g/mol. The molecule has 4 rings (SSSR count). The van der Waals surface area contributed by atoms with Gasteiger partial charge in [0.05, 0.1) is 12.2 Å². The molecular formula is C13H19NO2. The fourth-order valence-electron chi connectivity index (χ4n) is 4.47. The van der Waals surface area contributed by atoms with Gasteiger partial charge in [-0.25, -0.2) is 0 Å². The normalized spacial score (nSPS) is 51.5. The number of ether oxygens (including phenoxy) is 1. The number of rotatable bonds is 1. The van der Waals surface area contributed by atoms with Crippen LogP contribution >= 0.6 is 0 Å². The van der Waals surface area contributed by atoms with Crippen LogP contribution in [0.3, 0.4) is 0 Å². The highest BCUT2D eigenvalue weighted by atomic mass is 16.5. The van der Waals surface area contributed by atoms with Gasteiger partial charge in [-0.1, -0.05) is 0 Å². The number of carbonyl (C=O) groups excluding carboxylic acids is 1. The molecule has 4 saturated heterocycles. The minimum absolute atomic E-state index is 0.487. The highest BCUT2D eigenvalue weighted by Crippen LogP contribution is 2.44. The van der Waals surface area contributed by atoms with E-state index in [9.17, 15) is 4.79 Å². The molecule has 0 aromatic carbocycles. The molecule has 4 aliphatic heterocycles. The van der Waals surface area contributed by atoms with Crippen LogP contribution in [0.4, 0.5) is 0 Å². The van der Waals surface area contributed by atoms with Crippen LogP contribution in [-0.2, 0) is 9.53 Å². The molecule has 16 heavy (non-hydrogen) atoms. The maximum Gasteiger partial charge on any atom is 0.136 e. The Morgan fingerprint density at radius 3 is 2.38 bits per heavy atom. The van der Waals surface area contributed by atoms with E-state index in [4.69, 9.17) is 4.74 Å². The van der Waals surface area contributed by atoms with Crippen molar-refractivity contribution in [2.45, 2.75) is 75.3 Å². The van der Waals surface area contributed by atoms with Crippen LogP contribution in [0.1, 0.15) is 44.9 Å². The van der Waals surface area contributed by atoms with Gasteiger partial charge in [-0.2, -0.15) is 0 Å². The number of nitrogens with zero attached hydrogens (tertiary/aromatic N) is 1. The van der Waals surface area contributed by atoms with Crippen LogP contribution in [0.15, 0.2) is 0 Å². The van der Waals surface area contributed by atoms with Gasteiger partial charge in [0.15, 0.2) is 0 Å². The first-order valence-corrected chi connectivity index (χ1v) is 6.76. The van der Waals surface area contributed by atoms with Gasteiger partial charge in [-0.3, -0.25) is 9.69 Å². The largest absolute Gasteiger partial charge is 0.373 e. The highest BCUT2D eigenvalue weighted by Gasteiger charge is 2.51. The third-order valence-electron chi connectivity index (χ3n) is 5.06. The number of fused-ring (bicyclic) bond motifs is 4. The summed E-state index contributed by atoms with van der Waals surface area (Å²) in [6.45, 7) is 0. The summed E-state index contributed by atoms with van der Waals surface area (Å²) in [5.74, 6) is 0.493. The molecule has 88 valence electrons. The van der Waals surface area contributed by atoms with E-state index in [0.717, 1.165) is 12.8 Å². The maximum atomic E-state index is 11.6. The van der Waals surface area contributed by atoms with Crippen molar-refractivity contribution in [1.82, 2.24) is 4.90 Å². The van der Waals surface area contributed by atoms with Gasteiger partial charge in [-0.15, -0.1) is 0 Å². The van der Waals surface area contributed by atoms with Crippen LogP contribution in [0.2, 0.25) is 0 Å². The predicted octanol–water partition coefficient (Wildman–Crippen LogP) is 1.50. The van der Waals surface area contributed by atoms with Crippen molar-refractivity contribution < 1.29 is 9.53 Å². The van der Waals surface area contributed by atoms with Gasteiger partial charge in [-0.05, 0) is 32.1 Å². The lowest BCUT2D eigenvalue weighted by atomic mass is 9.90. The minimum atomic E-state index is 0.487. The van der Waals surface area contributed by atoms with Crippen molar-refractivity contribution in [3.63, 3.8) is 0 Å². The third kappa shape index (κ3) is 1.25. The Morgan fingerprint density at radius 1 is 1.06 bits per heavy atom. The molecule has 4 heterocycles. The summed E-state index contributed by atoms with van der Waals surface area (Å²) in [5.41, 5.74) is 0. The van der Waals surface area contributed by atoms with E-state index in [0.29, 0.717) is 36.1 Å². The van der Waals surface area contributed by atoms with Gasteiger partial charge < -0.3 is 4.74 Å². The summed E-state index contributed by atoms with van der Waals surface area (Å²) in [7, 11) is 0. The molecule has 0 amide bonds. The molecule has 0 N–H and O–H groups in total. The number of piperidine rings is 1. The zero-order chi connectivity index (χ0) is 10.7. The first-order valence-electron chi connectivity index (χ1n) is 6.76. The van der Waals surface area contributed by atoms with Crippen molar-refractivity contribution in [3.8, 4) is 0 Å². The highest BCUT2D eigenvalue weighted by molar-refractivity contribution is 5.81. The van der Waals surface area contributed by atoms with Crippen LogP contribution in [0.5, 0.6) is 0 Å². The topological polar surface area (TPSA) is 29.5 Å². The Balaban J connectivity index is 1.58. The summed E-state index contributed by atoms with van der Waals surface area (Å²) in [4.78, 5) is 14.3. The summed E-state index contributed by atoms with van der Waals surface area (Å²) in [6.07, 6.45) is 8.87. The molecule has 4 fully saturated rings. The third-order valence-corrected chi connectivity index (χ3v) is 5.06. The fourth-order valence-corrected chi connectivity index (χ4v) is 4.47. The molecule has 0 aromatic heterocycles. The summed E-state index contributed by atoms with van der Waals surface area (Å²) in [6, 6.07) is 1.75. The van der Waals surface area contributed by atoms with Crippen molar-refractivity contribution in [2.75, 3.05) is 0 Å². The van der Waals surface area contributed by atoms with Crippen LogP contribution in [0, 0.1) is 0 Å². The van der Waals surface area contributed by atoms with E-state index in [2.05, 4.69) is 4.90 Å². The number of carbonyl (C=O) groups is 1. The quantitative estimate of drug-likeness (QED) is 0.672. The lowest BCUT2D eigenvalue weighted by Crippen LogP contribution is -2.52. The number of ketones is 1. The Labute approximate surface area is 96.1 Å². The van der Waals surface area contributed by atoms with Gasteiger partial charge in [0.1, 0.15) is 5.78 Å². The first-order chi connectivity index (χ1) is 7.81. The second-order valence-electron chi connectivity index (χ2n) is 5.96. The van der Waals surface area contributed by atoms with Crippen molar-refractivity contribution in [3.05, 3.63) is 0 Å². The minimum Gasteiger partial charge on any atom is -0.373 e. The van der Waals surface area contributed by atoms with Crippen molar-refractivity contribution in [1.29, 1.82) is 0 Å². The number of Topliss-reactive ketones (excluding diaryl/α,β-unsaturated/α-hetero) is 1. The standard InChI is InChI=1S/C13H19NO2/c15-10-5-8-1-2-9(6-10)14(8)12-7-11-3-4-13(12)16-11/h8-9,11-13H,1-7H2. The average Bonchev–Trinajstić information content (AvgIpc) is 2.91. The van der Waals surface area contributed by atoms with E-state index in [-0.39, 0.29) is 0 Å². The molecule has 0 aliphatic carbocycles. The number of hydrogen-bond acceptors (Lipinski definition) is 3. The molecule has 0 saturated carbocycles. The lowest BCUT2D eigenvalue weighted by molar-refractivity contribution is -0.124. The Morgan fingerprint density at radius 2 is 1.81 bits per heavy atom. The molecule has 4 aliphatic rings. The Hall–Kier alpha value is -0.410. The molecule has 3 nitrogen and oxygen atoms in total. The molecule has 0 radical (unpaired) electrons. The van der Waals surface area contributed by atoms with E-state index < -0.39 is 0 Å². The smallest absolute Gasteiger partial charge is 0.136 e. The molecule has 5 atom stereocenters. The maximum absolute atomic E-state index is 11.6. The van der Waals surface area contributed by atoms with Gasteiger partial charge in [0.2, 0.25) is 0 Å². The van der Waals surface area contributed by atoms with E-state index in [1.54, 1.807) is 0 Å². The number of hydrogen-bond donors (Lipinski definition) is 0. The van der Waals surface area contributed by atoms with Gasteiger partial charge in [0.25, 0.3) is 0 Å². The van der Waals surface area contributed by atoms with Gasteiger partial charge >= 0.3 is 0 Å².